The third-order valence-corrected chi connectivity index (χ3v) is 3.81. The molecule has 3 nitrogen and oxygen atoms in total. The van der Waals surface area contributed by atoms with Gasteiger partial charge in [-0.05, 0) is 13.3 Å². The summed E-state index contributed by atoms with van der Waals surface area (Å²) in [5, 5.41) is 3.97. The van der Waals surface area contributed by atoms with E-state index < -0.39 is 0 Å². The predicted molar refractivity (Wildman–Crippen MR) is 87.7 cm³/mol. The van der Waals surface area contributed by atoms with Crippen molar-refractivity contribution in [3.63, 3.8) is 0 Å². The molecule has 0 aliphatic carbocycles. The van der Waals surface area contributed by atoms with Gasteiger partial charge in [-0.15, -0.1) is 0 Å². The van der Waals surface area contributed by atoms with E-state index in [1.807, 2.05) is 6.92 Å². The van der Waals surface area contributed by atoms with E-state index in [9.17, 15) is 0 Å². The highest BCUT2D eigenvalue weighted by atomic mass is 35.5. The second-order valence-electron chi connectivity index (χ2n) is 5.70. The molecule has 0 saturated carbocycles. The average molecular weight is 298 g/mol. The van der Waals surface area contributed by atoms with Gasteiger partial charge >= 0.3 is 0 Å². The fourth-order valence-electron chi connectivity index (χ4n) is 2.05. The number of aromatic nitrogens is 2. The van der Waals surface area contributed by atoms with Crippen LogP contribution in [-0.2, 0) is 0 Å². The number of nitrogens with zero attached hydrogens (tertiary/aromatic N) is 2. The van der Waals surface area contributed by atoms with Crippen LogP contribution in [0, 0.1) is 6.92 Å². The lowest BCUT2D eigenvalue weighted by molar-refractivity contribution is 0.616. The van der Waals surface area contributed by atoms with E-state index in [1.54, 1.807) is 0 Å². The molecule has 1 heterocycles. The highest BCUT2D eigenvalue weighted by Gasteiger charge is 2.11. The van der Waals surface area contributed by atoms with Crippen LogP contribution in [0.15, 0.2) is 0 Å². The lowest BCUT2D eigenvalue weighted by atomic mass is 10.1. The van der Waals surface area contributed by atoms with Crippen molar-refractivity contribution in [3.05, 3.63) is 16.5 Å². The van der Waals surface area contributed by atoms with Crippen LogP contribution in [-0.4, -0.2) is 16.5 Å². The van der Waals surface area contributed by atoms with Crippen LogP contribution in [0.2, 0.25) is 5.15 Å². The van der Waals surface area contributed by atoms with Crippen molar-refractivity contribution in [2.24, 2.45) is 0 Å². The number of halogens is 1. The van der Waals surface area contributed by atoms with Crippen LogP contribution >= 0.6 is 11.6 Å². The van der Waals surface area contributed by atoms with Gasteiger partial charge in [0.15, 0.2) is 0 Å². The molecule has 0 fully saturated rings. The molecule has 0 amide bonds. The minimum absolute atomic E-state index is 0.294. The number of hydrogen-bond acceptors (Lipinski definition) is 3. The molecular formula is C16H28ClN3. The van der Waals surface area contributed by atoms with E-state index in [4.69, 9.17) is 11.6 Å². The monoisotopic (exact) mass is 297 g/mol. The number of unbranched alkanes of at least 4 members (excludes halogenated alkanes) is 5. The summed E-state index contributed by atoms with van der Waals surface area (Å²) in [7, 11) is 0. The molecule has 1 rings (SSSR count). The van der Waals surface area contributed by atoms with Crippen LogP contribution in [0.5, 0.6) is 0 Å². The Morgan fingerprint density at radius 1 is 1.05 bits per heavy atom. The standard InChI is InChI=1S/C16H28ClN3/c1-5-6-7-8-9-10-11-18-16-13(4)14(17)19-15(20-16)12(2)3/h12H,5-11H2,1-4H3,(H,18,19,20). The molecule has 0 atom stereocenters. The first-order chi connectivity index (χ1) is 9.56. The molecule has 114 valence electrons. The van der Waals surface area contributed by atoms with Gasteiger partial charge in [0.1, 0.15) is 16.8 Å². The lowest BCUT2D eigenvalue weighted by Gasteiger charge is -2.12. The highest BCUT2D eigenvalue weighted by Crippen LogP contribution is 2.22. The molecule has 20 heavy (non-hydrogen) atoms. The molecular weight excluding hydrogens is 270 g/mol. The Balaban J connectivity index is 2.43. The van der Waals surface area contributed by atoms with Gasteiger partial charge in [0.2, 0.25) is 0 Å². The second-order valence-corrected chi connectivity index (χ2v) is 6.05. The Morgan fingerprint density at radius 2 is 1.70 bits per heavy atom. The van der Waals surface area contributed by atoms with Gasteiger partial charge in [-0.3, -0.25) is 0 Å². The Morgan fingerprint density at radius 3 is 2.35 bits per heavy atom. The summed E-state index contributed by atoms with van der Waals surface area (Å²) in [4.78, 5) is 8.90. The van der Waals surface area contributed by atoms with Gasteiger partial charge in [0, 0.05) is 18.0 Å². The van der Waals surface area contributed by atoms with Crippen LogP contribution in [0.1, 0.15) is 76.6 Å². The molecule has 0 aliphatic heterocycles. The molecule has 0 aromatic carbocycles. The Kier molecular flexibility index (Phi) is 7.90. The molecule has 0 aliphatic rings. The maximum absolute atomic E-state index is 6.17. The lowest BCUT2D eigenvalue weighted by Crippen LogP contribution is -2.09. The maximum Gasteiger partial charge on any atom is 0.137 e. The fraction of sp³-hybridized carbons (Fsp3) is 0.750. The van der Waals surface area contributed by atoms with Crippen molar-refractivity contribution in [1.29, 1.82) is 0 Å². The summed E-state index contributed by atoms with van der Waals surface area (Å²) in [5.41, 5.74) is 0.946. The Hall–Kier alpha value is -0.830. The van der Waals surface area contributed by atoms with E-state index in [0.717, 1.165) is 23.8 Å². The number of hydrogen-bond donors (Lipinski definition) is 1. The van der Waals surface area contributed by atoms with Crippen molar-refractivity contribution < 1.29 is 0 Å². The summed E-state index contributed by atoms with van der Waals surface area (Å²) in [5.74, 6) is 2.00. The first kappa shape index (κ1) is 17.2. The third-order valence-electron chi connectivity index (χ3n) is 3.44. The van der Waals surface area contributed by atoms with Crippen LogP contribution in [0.3, 0.4) is 0 Å². The van der Waals surface area contributed by atoms with E-state index in [0.29, 0.717) is 11.1 Å². The number of anilines is 1. The smallest absolute Gasteiger partial charge is 0.137 e. The first-order valence-electron chi connectivity index (χ1n) is 7.84. The first-order valence-corrected chi connectivity index (χ1v) is 8.22. The summed E-state index contributed by atoms with van der Waals surface area (Å²) in [6, 6.07) is 0. The zero-order valence-electron chi connectivity index (χ0n) is 13.3. The Bertz CT molecular complexity index is 405. The molecule has 4 heteroatoms. The number of rotatable bonds is 9. The molecule has 0 spiro atoms. The van der Waals surface area contributed by atoms with Gasteiger partial charge in [0.05, 0.1) is 0 Å². The largest absolute Gasteiger partial charge is 0.370 e. The summed E-state index contributed by atoms with van der Waals surface area (Å²) < 4.78 is 0. The number of nitrogens with one attached hydrogen (secondary N) is 1. The van der Waals surface area contributed by atoms with E-state index in [1.165, 1.54) is 38.5 Å². The van der Waals surface area contributed by atoms with Gasteiger partial charge in [-0.25, -0.2) is 9.97 Å². The van der Waals surface area contributed by atoms with E-state index >= 15 is 0 Å². The van der Waals surface area contributed by atoms with Crippen molar-refractivity contribution in [1.82, 2.24) is 9.97 Å². The van der Waals surface area contributed by atoms with Gasteiger partial charge in [0.25, 0.3) is 0 Å². The van der Waals surface area contributed by atoms with E-state index in [-0.39, 0.29) is 0 Å². The summed E-state index contributed by atoms with van der Waals surface area (Å²) in [6.45, 7) is 9.33. The molecule has 0 radical (unpaired) electrons. The van der Waals surface area contributed by atoms with Crippen LogP contribution in [0.4, 0.5) is 5.82 Å². The molecule has 1 N–H and O–H groups in total. The van der Waals surface area contributed by atoms with Gasteiger partial charge in [-0.2, -0.15) is 0 Å². The SMILES string of the molecule is CCCCCCCCNc1nc(C(C)C)nc(Cl)c1C. The highest BCUT2D eigenvalue weighted by molar-refractivity contribution is 6.30. The van der Waals surface area contributed by atoms with Gasteiger partial charge in [-0.1, -0.05) is 64.5 Å². The molecule has 1 aromatic rings. The predicted octanol–water partition coefficient (Wildman–Crippen LogP) is 5.33. The second kappa shape index (κ2) is 9.17. The van der Waals surface area contributed by atoms with Crippen molar-refractivity contribution in [3.8, 4) is 0 Å². The zero-order valence-corrected chi connectivity index (χ0v) is 14.1. The quantitative estimate of drug-likeness (QED) is 0.494. The minimum atomic E-state index is 0.294. The van der Waals surface area contributed by atoms with Crippen LogP contribution in [0.25, 0.3) is 0 Å². The molecule has 0 unspecified atom stereocenters. The van der Waals surface area contributed by atoms with Crippen molar-refractivity contribution >= 4 is 17.4 Å². The Labute approximate surface area is 128 Å². The fourth-order valence-corrected chi connectivity index (χ4v) is 2.22. The van der Waals surface area contributed by atoms with E-state index in [2.05, 4.69) is 36.1 Å². The van der Waals surface area contributed by atoms with Crippen LogP contribution < -0.4 is 5.32 Å². The topological polar surface area (TPSA) is 37.8 Å². The maximum atomic E-state index is 6.17. The minimum Gasteiger partial charge on any atom is -0.370 e. The van der Waals surface area contributed by atoms with Crippen molar-refractivity contribution in [2.45, 2.75) is 72.1 Å². The molecule has 0 saturated heterocycles. The van der Waals surface area contributed by atoms with Gasteiger partial charge < -0.3 is 5.32 Å². The summed E-state index contributed by atoms with van der Waals surface area (Å²) >= 11 is 6.17. The molecule has 0 bridgehead atoms. The van der Waals surface area contributed by atoms with Crippen molar-refractivity contribution in [2.75, 3.05) is 11.9 Å². The third kappa shape index (κ3) is 5.66. The normalized spacial score (nSPS) is 11.1. The molecule has 1 aromatic heterocycles. The zero-order chi connectivity index (χ0) is 15.0. The average Bonchev–Trinajstić information content (AvgIpc) is 2.41. The summed E-state index contributed by atoms with van der Waals surface area (Å²) in [6.07, 6.45) is 7.80.